The van der Waals surface area contributed by atoms with Crippen LogP contribution in [-0.2, 0) is 4.74 Å². The van der Waals surface area contributed by atoms with Gasteiger partial charge in [0.1, 0.15) is 11.9 Å². The van der Waals surface area contributed by atoms with Crippen LogP contribution in [0.1, 0.15) is 0 Å². The molecule has 0 radical (unpaired) electrons. The minimum absolute atomic E-state index is 0.0886. The summed E-state index contributed by atoms with van der Waals surface area (Å²) in [5, 5.41) is 0. The van der Waals surface area contributed by atoms with E-state index in [1.165, 1.54) is 0 Å². The quantitative estimate of drug-likeness (QED) is 0.878. The third-order valence-electron chi connectivity index (χ3n) is 1.71. The van der Waals surface area contributed by atoms with Crippen molar-refractivity contribution in [1.29, 1.82) is 0 Å². The van der Waals surface area contributed by atoms with E-state index in [-0.39, 0.29) is 6.10 Å². The Hall–Kier alpha value is -0.580. The van der Waals surface area contributed by atoms with Crippen LogP contribution in [-0.4, -0.2) is 26.4 Å². The number of rotatable bonds is 5. The highest BCUT2D eigenvalue weighted by Crippen LogP contribution is 2.18. The Labute approximate surface area is 92.3 Å². The molecule has 2 N–H and O–H groups in total. The second-order valence-electron chi connectivity index (χ2n) is 2.89. The zero-order valence-corrected chi connectivity index (χ0v) is 9.66. The molecule has 3 nitrogen and oxygen atoms in total. The molecular formula is C10H14BrNO2. The molecule has 0 saturated carbocycles. The molecule has 1 unspecified atom stereocenters. The van der Waals surface area contributed by atoms with Crippen molar-refractivity contribution in [3.63, 3.8) is 0 Å². The van der Waals surface area contributed by atoms with Gasteiger partial charge in [-0.2, -0.15) is 0 Å². The van der Waals surface area contributed by atoms with Crippen molar-refractivity contribution in [2.75, 3.05) is 20.3 Å². The summed E-state index contributed by atoms with van der Waals surface area (Å²) < 4.78 is 11.6. The molecule has 0 saturated heterocycles. The minimum Gasteiger partial charge on any atom is -0.487 e. The summed E-state index contributed by atoms with van der Waals surface area (Å²) in [5.74, 6) is 0.798. The van der Waals surface area contributed by atoms with E-state index in [1.807, 2.05) is 24.3 Å². The van der Waals surface area contributed by atoms with Gasteiger partial charge in [-0.05, 0) is 18.2 Å². The lowest BCUT2D eigenvalue weighted by Crippen LogP contribution is -2.31. The zero-order chi connectivity index (χ0) is 10.4. The molecule has 4 heteroatoms. The van der Waals surface area contributed by atoms with Crippen molar-refractivity contribution < 1.29 is 9.47 Å². The molecule has 0 aliphatic rings. The van der Waals surface area contributed by atoms with Crippen LogP contribution in [0.4, 0.5) is 0 Å². The van der Waals surface area contributed by atoms with E-state index >= 15 is 0 Å². The van der Waals surface area contributed by atoms with Gasteiger partial charge in [0.15, 0.2) is 0 Å². The Morgan fingerprint density at radius 1 is 1.50 bits per heavy atom. The molecule has 0 spiro atoms. The first kappa shape index (κ1) is 11.5. The Kier molecular flexibility index (Phi) is 4.93. The summed E-state index contributed by atoms with van der Waals surface area (Å²) in [6, 6.07) is 7.65. The fourth-order valence-corrected chi connectivity index (χ4v) is 1.45. The fourth-order valence-electron chi connectivity index (χ4n) is 1.07. The SMILES string of the molecule is COCC(CN)Oc1cccc(Br)c1. The van der Waals surface area contributed by atoms with E-state index in [2.05, 4.69) is 15.9 Å². The lowest BCUT2D eigenvalue weighted by atomic mass is 10.3. The van der Waals surface area contributed by atoms with Gasteiger partial charge >= 0.3 is 0 Å². The molecule has 78 valence electrons. The lowest BCUT2D eigenvalue weighted by Gasteiger charge is -2.16. The summed E-state index contributed by atoms with van der Waals surface area (Å²) in [6.07, 6.45) is -0.0886. The molecular weight excluding hydrogens is 246 g/mol. The normalized spacial score (nSPS) is 12.5. The maximum atomic E-state index is 5.60. The van der Waals surface area contributed by atoms with Crippen LogP contribution in [0.15, 0.2) is 28.7 Å². The van der Waals surface area contributed by atoms with Crippen molar-refractivity contribution in [3.8, 4) is 5.75 Å². The third-order valence-corrected chi connectivity index (χ3v) is 2.21. The van der Waals surface area contributed by atoms with Crippen LogP contribution in [0.3, 0.4) is 0 Å². The van der Waals surface area contributed by atoms with Gasteiger partial charge in [-0.1, -0.05) is 22.0 Å². The first-order valence-electron chi connectivity index (χ1n) is 4.37. The topological polar surface area (TPSA) is 44.5 Å². The highest BCUT2D eigenvalue weighted by Gasteiger charge is 2.07. The van der Waals surface area contributed by atoms with Crippen LogP contribution in [0.2, 0.25) is 0 Å². The van der Waals surface area contributed by atoms with Crippen molar-refractivity contribution in [2.45, 2.75) is 6.10 Å². The molecule has 0 aromatic heterocycles. The van der Waals surface area contributed by atoms with E-state index in [9.17, 15) is 0 Å². The minimum atomic E-state index is -0.0886. The largest absolute Gasteiger partial charge is 0.487 e. The molecule has 0 heterocycles. The van der Waals surface area contributed by atoms with E-state index in [1.54, 1.807) is 7.11 Å². The molecule has 0 aliphatic carbocycles. The molecule has 1 aromatic carbocycles. The third kappa shape index (κ3) is 3.65. The lowest BCUT2D eigenvalue weighted by molar-refractivity contribution is 0.0860. The fraction of sp³-hybridized carbons (Fsp3) is 0.400. The number of benzene rings is 1. The number of hydrogen-bond acceptors (Lipinski definition) is 3. The van der Waals surface area contributed by atoms with Crippen molar-refractivity contribution in [1.82, 2.24) is 0 Å². The molecule has 0 fully saturated rings. The average Bonchev–Trinajstić information content (AvgIpc) is 2.17. The average molecular weight is 260 g/mol. The molecule has 1 aromatic rings. The molecule has 1 atom stereocenters. The second kappa shape index (κ2) is 6.01. The smallest absolute Gasteiger partial charge is 0.134 e. The summed E-state index contributed by atoms with van der Waals surface area (Å²) in [7, 11) is 1.63. The van der Waals surface area contributed by atoms with Crippen LogP contribution < -0.4 is 10.5 Å². The van der Waals surface area contributed by atoms with Gasteiger partial charge in [0.05, 0.1) is 6.61 Å². The van der Waals surface area contributed by atoms with E-state index in [4.69, 9.17) is 15.2 Å². The van der Waals surface area contributed by atoms with Crippen LogP contribution in [0.5, 0.6) is 5.75 Å². The Morgan fingerprint density at radius 3 is 2.86 bits per heavy atom. The first-order valence-corrected chi connectivity index (χ1v) is 5.16. The highest BCUT2D eigenvalue weighted by molar-refractivity contribution is 9.10. The molecule has 0 aliphatic heterocycles. The first-order chi connectivity index (χ1) is 6.76. The molecule has 14 heavy (non-hydrogen) atoms. The van der Waals surface area contributed by atoms with Gasteiger partial charge in [0.2, 0.25) is 0 Å². The van der Waals surface area contributed by atoms with Gasteiger partial charge in [-0.25, -0.2) is 0 Å². The Morgan fingerprint density at radius 2 is 2.29 bits per heavy atom. The predicted octanol–water partition coefficient (Wildman–Crippen LogP) is 1.80. The standard InChI is InChI=1S/C10H14BrNO2/c1-13-7-10(6-12)14-9-4-2-3-8(11)5-9/h2-5,10H,6-7,12H2,1H3. The van der Waals surface area contributed by atoms with E-state index in [0.29, 0.717) is 13.2 Å². The van der Waals surface area contributed by atoms with Crippen molar-refractivity contribution in [2.24, 2.45) is 5.73 Å². The van der Waals surface area contributed by atoms with Gasteiger partial charge in [0.25, 0.3) is 0 Å². The van der Waals surface area contributed by atoms with E-state index in [0.717, 1.165) is 10.2 Å². The summed E-state index contributed by atoms with van der Waals surface area (Å²) in [4.78, 5) is 0. The molecule has 1 rings (SSSR count). The number of methoxy groups -OCH3 is 1. The van der Waals surface area contributed by atoms with Gasteiger partial charge in [-0.3, -0.25) is 0 Å². The van der Waals surface area contributed by atoms with Gasteiger partial charge < -0.3 is 15.2 Å². The Balaban J connectivity index is 2.57. The zero-order valence-electron chi connectivity index (χ0n) is 8.07. The number of halogens is 1. The molecule has 0 amide bonds. The van der Waals surface area contributed by atoms with Crippen molar-refractivity contribution >= 4 is 15.9 Å². The number of hydrogen-bond donors (Lipinski definition) is 1. The summed E-state index contributed by atoms with van der Waals surface area (Å²) in [5.41, 5.74) is 5.53. The second-order valence-corrected chi connectivity index (χ2v) is 3.80. The van der Waals surface area contributed by atoms with Gasteiger partial charge in [0, 0.05) is 18.1 Å². The predicted molar refractivity (Wildman–Crippen MR) is 59.5 cm³/mol. The maximum Gasteiger partial charge on any atom is 0.134 e. The molecule has 0 bridgehead atoms. The maximum absolute atomic E-state index is 5.60. The number of ether oxygens (including phenoxy) is 2. The number of nitrogens with two attached hydrogens (primary N) is 1. The Bertz CT molecular complexity index is 281. The van der Waals surface area contributed by atoms with Crippen LogP contribution >= 0.6 is 15.9 Å². The highest BCUT2D eigenvalue weighted by atomic mass is 79.9. The summed E-state index contributed by atoms with van der Waals surface area (Å²) >= 11 is 3.37. The van der Waals surface area contributed by atoms with Gasteiger partial charge in [-0.15, -0.1) is 0 Å². The van der Waals surface area contributed by atoms with E-state index < -0.39 is 0 Å². The van der Waals surface area contributed by atoms with Crippen LogP contribution in [0, 0.1) is 0 Å². The summed E-state index contributed by atoms with van der Waals surface area (Å²) in [6.45, 7) is 0.948. The van der Waals surface area contributed by atoms with Crippen LogP contribution in [0.25, 0.3) is 0 Å². The monoisotopic (exact) mass is 259 g/mol. The van der Waals surface area contributed by atoms with Crippen molar-refractivity contribution in [3.05, 3.63) is 28.7 Å².